The summed E-state index contributed by atoms with van der Waals surface area (Å²) < 4.78 is 15.5. The number of hydroxylamine groups is 1. The Morgan fingerprint density at radius 1 is 1.16 bits per heavy atom. The van der Waals surface area contributed by atoms with Gasteiger partial charge in [-0.1, -0.05) is 48.5 Å². The minimum Gasteiger partial charge on any atom is -0.379 e. The summed E-state index contributed by atoms with van der Waals surface area (Å²) >= 11 is 5.12. The molecule has 0 saturated heterocycles. The molecule has 2 atom stereocenters. The van der Waals surface area contributed by atoms with Gasteiger partial charge in [0, 0.05) is 11.2 Å². The average molecular weight is 384 g/mol. The summed E-state index contributed by atoms with van der Waals surface area (Å²) in [6.07, 6.45) is 0.639. The van der Waals surface area contributed by atoms with Crippen molar-refractivity contribution in [1.29, 1.82) is 0 Å². The molecule has 25 heavy (non-hydrogen) atoms. The van der Waals surface area contributed by atoms with Gasteiger partial charge in [0.1, 0.15) is 0 Å². The van der Waals surface area contributed by atoms with E-state index in [0.29, 0.717) is 18.7 Å². The second-order valence-corrected chi connectivity index (χ2v) is 7.63. The molecule has 0 aromatic heterocycles. The summed E-state index contributed by atoms with van der Waals surface area (Å²) in [5.41, 5.74) is 1.70. The van der Waals surface area contributed by atoms with Crippen LogP contribution in [0.1, 0.15) is 12.5 Å². The number of hydrogen-bond acceptors (Lipinski definition) is 5. The summed E-state index contributed by atoms with van der Waals surface area (Å²) in [7, 11) is 0. The van der Waals surface area contributed by atoms with Gasteiger partial charge in [0.25, 0.3) is 0 Å². The summed E-state index contributed by atoms with van der Waals surface area (Å²) in [5, 5.41) is 1.35. The van der Waals surface area contributed by atoms with E-state index in [1.165, 1.54) is 12.0 Å². The molecule has 2 rings (SSSR count). The van der Waals surface area contributed by atoms with Crippen molar-refractivity contribution in [2.45, 2.75) is 19.4 Å². The van der Waals surface area contributed by atoms with Gasteiger partial charge in [0.15, 0.2) is 6.04 Å². The predicted molar refractivity (Wildman–Crippen MR) is 96.3 cm³/mol. The minimum absolute atomic E-state index is 0.314. The molecule has 6 nitrogen and oxygen atoms in total. The van der Waals surface area contributed by atoms with E-state index in [2.05, 4.69) is 4.52 Å². The van der Waals surface area contributed by atoms with Crippen molar-refractivity contribution < 1.29 is 23.6 Å². The van der Waals surface area contributed by atoms with Crippen LogP contribution < -0.4 is 5.06 Å². The molecule has 0 heterocycles. The molecule has 0 saturated carbocycles. The maximum absolute atomic E-state index is 12.0. The molecular formula is C17H19ClNO5P. The molecule has 1 N–H and O–H groups in total. The number of para-hydroxylation sites is 1. The molecule has 0 fully saturated rings. The quantitative estimate of drug-likeness (QED) is 0.549. The Bertz CT molecular complexity index is 722. The van der Waals surface area contributed by atoms with Gasteiger partial charge in [0.2, 0.25) is 0 Å². The van der Waals surface area contributed by atoms with Crippen LogP contribution in [-0.2, 0) is 25.1 Å². The van der Waals surface area contributed by atoms with E-state index in [9.17, 15) is 9.36 Å². The van der Waals surface area contributed by atoms with Gasteiger partial charge in [-0.2, -0.15) is 0 Å². The van der Waals surface area contributed by atoms with E-state index in [4.69, 9.17) is 21.0 Å². The lowest BCUT2D eigenvalue weighted by atomic mass is 10.2. The molecule has 2 aromatic rings. The highest BCUT2D eigenvalue weighted by molar-refractivity contribution is 7.80. The SMILES string of the molecule is C[C@@H](C(=O)OP(=O)(O)Cl)N(OCCc1ccccc1)c1ccccc1. The van der Waals surface area contributed by atoms with Crippen molar-refractivity contribution in [2.24, 2.45) is 0 Å². The molecule has 1 unspecified atom stereocenters. The highest BCUT2D eigenvalue weighted by atomic mass is 35.7. The first kappa shape index (κ1) is 19.5. The topological polar surface area (TPSA) is 76.1 Å². The van der Waals surface area contributed by atoms with E-state index in [1.807, 2.05) is 36.4 Å². The van der Waals surface area contributed by atoms with Crippen molar-refractivity contribution in [1.82, 2.24) is 0 Å². The van der Waals surface area contributed by atoms with Crippen LogP contribution in [0, 0.1) is 0 Å². The highest BCUT2D eigenvalue weighted by Gasteiger charge is 2.30. The second-order valence-electron chi connectivity index (χ2n) is 5.27. The molecule has 0 radical (unpaired) electrons. The number of halogens is 1. The Morgan fingerprint density at radius 2 is 1.72 bits per heavy atom. The fourth-order valence-corrected chi connectivity index (χ4v) is 2.75. The third-order valence-electron chi connectivity index (χ3n) is 3.37. The minimum atomic E-state index is -4.44. The summed E-state index contributed by atoms with van der Waals surface area (Å²) in [4.78, 5) is 26.8. The zero-order valence-corrected chi connectivity index (χ0v) is 15.3. The standard InChI is InChI=1S/C17H19ClNO5P/c1-14(17(20)24-25(18,21)22)19(16-10-6-3-7-11-16)23-13-12-15-8-4-2-5-9-15/h2-11,14H,12-13H2,1H3,(H,21,22)/t14-/m0/s1. The van der Waals surface area contributed by atoms with Crippen molar-refractivity contribution in [3.8, 4) is 0 Å². The third-order valence-corrected chi connectivity index (χ3v) is 3.98. The maximum atomic E-state index is 12.0. The van der Waals surface area contributed by atoms with E-state index < -0.39 is 19.0 Å². The molecule has 2 aromatic carbocycles. The molecule has 8 heteroatoms. The Kier molecular flexibility index (Phi) is 7.02. The van der Waals surface area contributed by atoms with Gasteiger partial charge in [-0.3, -0.25) is 4.84 Å². The lowest BCUT2D eigenvalue weighted by Gasteiger charge is -2.28. The number of benzene rings is 2. The fourth-order valence-electron chi connectivity index (χ4n) is 2.17. The van der Waals surface area contributed by atoms with Crippen LogP contribution in [0.15, 0.2) is 60.7 Å². The molecule has 0 aliphatic rings. The van der Waals surface area contributed by atoms with Crippen molar-refractivity contribution in [3.63, 3.8) is 0 Å². The number of anilines is 1. The van der Waals surface area contributed by atoms with Crippen LogP contribution in [0.3, 0.4) is 0 Å². The molecule has 0 spiro atoms. The van der Waals surface area contributed by atoms with Crippen LogP contribution in [0.25, 0.3) is 0 Å². The first-order valence-electron chi connectivity index (χ1n) is 7.64. The molecule has 0 aliphatic carbocycles. The molecule has 0 aliphatic heterocycles. The zero-order chi connectivity index (χ0) is 18.3. The van der Waals surface area contributed by atoms with Crippen LogP contribution in [0.5, 0.6) is 0 Å². The van der Waals surface area contributed by atoms with Crippen LogP contribution in [0.4, 0.5) is 5.69 Å². The second kappa shape index (κ2) is 9.02. The molecular weight excluding hydrogens is 365 g/mol. The Balaban J connectivity index is 2.08. The molecule has 0 bridgehead atoms. The first-order valence-corrected chi connectivity index (χ1v) is 10.1. The van der Waals surface area contributed by atoms with Gasteiger partial charge in [-0.15, -0.1) is 0 Å². The van der Waals surface area contributed by atoms with Gasteiger partial charge in [-0.05, 0) is 31.0 Å². The zero-order valence-electron chi connectivity index (χ0n) is 13.6. The third kappa shape index (κ3) is 6.52. The number of nitrogens with zero attached hydrogens (tertiary/aromatic N) is 1. The highest BCUT2D eigenvalue weighted by Crippen LogP contribution is 2.48. The predicted octanol–water partition coefficient (Wildman–Crippen LogP) is 3.94. The number of hydrogen-bond donors (Lipinski definition) is 1. The van der Waals surface area contributed by atoms with E-state index in [0.717, 1.165) is 5.56 Å². The summed E-state index contributed by atoms with van der Waals surface area (Å²) in [5.74, 6) is -0.954. The Labute approximate surface area is 151 Å². The molecule has 0 amide bonds. The average Bonchev–Trinajstić information content (AvgIpc) is 2.58. The Morgan fingerprint density at radius 3 is 2.28 bits per heavy atom. The van der Waals surface area contributed by atoms with Gasteiger partial charge in [0.05, 0.1) is 12.3 Å². The first-order chi connectivity index (χ1) is 11.9. The van der Waals surface area contributed by atoms with Crippen molar-refractivity contribution in [2.75, 3.05) is 11.7 Å². The molecule has 134 valence electrons. The lowest BCUT2D eigenvalue weighted by Crippen LogP contribution is -2.40. The van der Waals surface area contributed by atoms with Crippen molar-refractivity contribution >= 4 is 29.8 Å². The van der Waals surface area contributed by atoms with E-state index >= 15 is 0 Å². The number of carbonyl (C=O) groups excluding carboxylic acids is 1. The van der Waals surface area contributed by atoms with Crippen LogP contribution in [0.2, 0.25) is 0 Å². The smallest absolute Gasteiger partial charge is 0.379 e. The van der Waals surface area contributed by atoms with Crippen molar-refractivity contribution in [3.05, 3.63) is 66.2 Å². The summed E-state index contributed by atoms with van der Waals surface area (Å²) in [6.45, 7) is -2.62. The van der Waals surface area contributed by atoms with E-state index in [1.54, 1.807) is 24.3 Å². The van der Waals surface area contributed by atoms with Crippen LogP contribution in [-0.4, -0.2) is 23.5 Å². The van der Waals surface area contributed by atoms with Gasteiger partial charge in [-0.25, -0.2) is 14.4 Å². The Hall–Kier alpha value is -1.85. The maximum Gasteiger partial charge on any atom is 0.476 e. The number of rotatable bonds is 8. The normalized spacial score (nSPS) is 14.4. The number of carbonyl (C=O) groups is 1. The summed E-state index contributed by atoms with van der Waals surface area (Å²) in [6, 6.07) is 17.7. The largest absolute Gasteiger partial charge is 0.476 e. The fraction of sp³-hybridized carbons (Fsp3) is 0.235. The van der Waals surface area contributed by atoms with E-state index in [-0.39, 0.29) is 0 Å². The van der Waals surface area contributed by atoms with Gasteiger partial charge < -0.3 is 9.42 Å². The van der Waals surface area contributed by atoms with Crippen LogP contribution >= 0.6 is 18.2 Å². The van der Waals surface area contributed by atoms with Gasteiger partial charge >= 0.3 is 12.9 Å². The monoisotopic (exact) mass is 383 g/mol. The lowest BCUT2D eigenvalue weighted by molar-refractivity contribution is -0.137.